The van der Waals surface area contributed by atoms with Crippen LogP contribution in [0.5, 0.6) is 0 Å². The van der Waals surface area contributed by atoms with Crippen molar-refractivity contribution in [3.63, 3.8) is 0 Å². The number of likely N-dealkylation sites (tertiary alicyclic amines) is 1. The molecular formula is C18H23N5O2. The van der Waals surface area contributed by atoms with Gasteiger partial charge in [0.25, 0.3) is 0 Å². The van der Waals surface area contributed by atoms with Crippen LogP contribution in [0.3, 0.4) is 0 Å². The Bertz CT molecular complexity index is 736. The van der Waals surface area contributed by atoms with Crippen LogP contribution < -0.4 is 4.90 Å². The van der Waals surface area contributed by atoms with Gasteiger partial charge in [0, 0.05) is 39.3 Å². The molecule has 7 nitrogen and oxygen atoms in total. The predicted molar refractivity (Wildman–Crippen MR) is 93.2 cm³/mol. The molecule has 2 saturated heterocycles. The molecule has 1 amide bonds. The van der Waals surface area contributed by atoms with Gasteiger partial charge in [0.1, 0.15) is 5.82 Å². The minimum Gasteiger partial charge on any atom is -0.420 e. The Morgan fingerprint density at radius 3 is 2.72 bits per heavy atom. The first-order chi connectivity index (χ1) is 12.2. The van der Waals surface area contributed by atoms with Crippen molar-refractivity contribution in [3.05, 3.63) is 24.2 Å². The van der Waals surface area contributed by atoms with Crippen LogP contribution in [0.1, 0.15) is 44.4 Å². The maximum Gasteiger partial charge on any atom is 0.249 e. The molecule has 0 bridgehead atoms. The van der Waals surface area contributed by atoms with Gasteiger partial charge >= 0.3 is 0 Å². The van der Waals surface area contributed by atoms with E-state index >= 15 is 0 Å². The number of piperidine rings is 1. The summed E-state index contributed by atoms with van der Waals surface area (Å²) in [5.74, 6) is 2.34. The molecule has 2 aliphatic rings. The molecular weight excluding hydrogens is 318 g/mol. The largest absolute Gasteiger partial charge is 0.420 e. The third-order valence-corrected chi connectivity index (χ3v) is 5.08. The summed E-state index contributed by atoms with van der Waals surface area (Å²) in [6.07, 6.45) is 6.20. The quantitative estimate of drug-likeness (QED) is 0.854. The zero-order valence-electron chi connectivity index (χ0n) is 14.5. The first-order valence-electron chi connectivity index (χ1n) is 9.01. The van der Waals surface area contributed by atoms with Crippen molar-refractivity contribution in [1.82, 2.24) is 20.1 Å². The van der Waals surface area contributed by atoms with Crippen molar-refractivity contribution in [2.45, 2.75) is 38.5 Å². The highest BCUT2D eigenvalue weighted by Crippen LogP contribution is 2.29. The molecule has 2 fully saturated rings. The summed E-state index contributed by atoms with van der Waals surface area (Å²) in [6.45, 7) is 5.23. The van der Waals surface area contributed by atoms with Crippen molar-refractivity contribution < 1.29 is 9.21 Å². The number of pyridine rings is 1. The molecule has 2 aromatic heterocycles. The highest BCUT2D eigenvalue weighted by Gasteiger charge is 2.27. The maximum atomic E-state index is 11.6. The molecule has 132 valence electrons. The van der Waals surface area contributed by atoms with Crippen LogP contribution in [0.25, 0.3) is 11.5 Å². The van der Waals surface area contributed by atoms with E-state index in [4.69, 9.17) is 4.42 Å². The Labute approximate surface area is 147 Å². The Hall–Kier alpha value is -2.44. The molecule has 4 heterocycles. The van der Waals surface area contributed by atoms with Gasteiger partial charge in [-0.3, -0.25) is 4.79 Å². The molecule has 7 heteroatoms. The number of amides is 1. The number of nitrogens with zero attached hydrogens (tertiary/aromatic N) is 5. The summed E-state index contributed by atoms with van der Waals surface area (Å²) >= 11 is 0. The number of hydrogen-bond donors (Lipinski definition) is 0. The second-order valence-electron chi connectivity index (χ2n) is 6.85. The first-order valence-corrected chi connectivity index (χ1v) is 9.01. The van der Waals surface area contributed by atoms with E-state index < -0.39 is 0 Å². The minimum atomic E-state index is 0.103. The van der Waals surface area contributed by atoms with Gasteiger partial charge in [-0.1, -0.05) is 0 Å². The fraction of sp³-hybridized carbons (Fsp3) is 0.556. The lowest BCUT2D eigenvalue weighted by Crippen LogP contribution is -2.37. The average Bonchev–Trinajstić information content (AvgIpc) is 3.34. The number of rotatable bonds is 3. The summed E-state index contributed by atoms with van der Waals surface area (Å²) in [5.41, 5.74) is 0.834. The van der Waals surface area contributed by atoms with Gasteiger partial charge in [-0.2, -0.15) is 0 Å². The van der Waals surface area contributed by atoms with Crippen LogP contribution in [-0.4, -0.2) is 52.2 Å². The van der Waals surface area contributed by atoms with E-state index in [0.717, 1.165) is 43.9 Å². The van der Waals surface area contributed by atoms with Gasteiger partial charge in [-0.25, -0.2) is 4.98 Å². The number of carbonyl (C=O) groups excluding carboxylic acids is 1. The molecule has 0 spiro atoms. The SMILES string of the molecule is CC(=O)N1CCC[C@@H](c2nnc(-c3ccc(N4CCCC4)nc3)o2)C1. The molecule has 2 aromatic rings. The van der Waals surface area contributed by atoms with Gasteiger partial charge in [0.15, 0.2) is 0 Å². The van der Waals surface area contributed by atoms with E-state index in [1.165, 1.54) is 12.8 Å². The van der Waals surface area contributed by atoms with E-state index in [-0.39, 0.29) is 11.8 Å². The van der Waals surface area contributed by atoms with Crippen molar-refractivity contribution in [2.24, 2.45) is 0 Å². The summed E-state index contributed by atoms with van der Waals surface area (Å²) in [5, 5.41) is 8.40. The molecule has 1 atom stereocenters. The smallest absolute Gasteiger partial charge is 0.249 e. The van der Waals surface area contributed by atoms with Gasteiger partial charge < -0.3 is 14.2 Å². The van der Waals surface area contributed by atoms with E-state index in [9.17, 15) is 4.79 Å². The standard InChI is InChI=1S/C18H23N5O2/c1-13(24)23-10-4-5-15(12-23)18-21-20-17(25-18)14-6-7-16(19-11-14)22-8-2-3-9-22/h6-7,11,15H,2-5,8-10,12H2,1H3/t15-/m1/s1. The van der Waals surface area contributed by atoms with Crippen molar-refractivity contribution in [3.8, 4) is 11.5 Å². The van der Waals surface area contributed by atoms with Gasteiger partial charge in [0.2, 0.25) is 17.7 Å². The molecule has 0 aromatic carbocycles. The van der Waals surface area contributed by atoms with Crippen molar-refractivity contribution in [2.75, 3.05) is 31.1 Å². The number of anilines is 1. The number of aromatic nitrogens is 3. The third kappa shape index (κ3) is 3.36. The second-order valence-corrected chi connectivity index (χ2v) is 6.85. The van der Waals surface area contributed by atoms with Gasteiger partial charge in [-0.15, -0.1) is 10.2 Å². The number of hydrogen-bond acceptors (Lipinski definition) is 6. The molecule has 0 N–H and O–H groups in total. The molecule has 4 rings (SSSR count). The Kier molecular flexibility index (Phi) is 4.38. The summed E-state index contributed by atoms with van der Waals surface area (Å²) in [6, 6.07) is 4.00. The fourth-order valence-corrected chi connectivity index (χ4v) is 3.63. The summed E-state index contributed by atoms with van der Waals surface area (Å²) in [4.78, 5) is 20.3. The molecule has 25 heavy (non-hydrogen) atoms. The topological polar surface area (TPSA) is 75.4 Å². The van der Waals surface area contributed by atoms with Crippen LogP contribution >= 0.6 is 0 Å². The van der Waals surface area contributed by atoms with E-state index in [2.05, 4.69) is 20.1 Å². The van der Waals surface area contributed by atoms with Gasteiger partial charge in [0.05, 0.1) is 11.5 Å². The zero-order chi connectivity index (χ0) is 17.2. The average molecular weight is 341 g/mol. The van der Waals surface area contributed by atoms with Crippen LogP contribution in [0.4, 0.5) is 5.82 Å². The number of carbonyl (C=O) groups is 1. The molecule has 0 saturated carbocycles. The van der Waals surface area contributed by atoms with Crippen molar-refractivity contribution >= 4 is 11.7 Å². The summed E-state index contributed by atoms with van der Waals surface area (Å²) < 4.78 is 5.89. The molecule has 0 radical (unpaired) electrons. The lowest BCUT2D eigenvalue weighted by molar-refractivity contribution is -0.130. The fourth-order valence-electron chi connectivity index (χ4n) is 3.63. The van der Waals surface area contributed by atoms with Crippen LogP contribution in [0.2, 0.25) is 0 Å². The van der Waals surface area contributed by atoms with E-state index in [1.54, 1.807) is 13.1 Å². The molecule has 2 aliphatic heterocycles. The Morgan fingerprint density at radius 2 is 2.00 bits per heavy atom. The molecule has 0 unspecified atom stereocenters. The lowest BCUT2D eigenvalue weighted by Gasteiger charge is -2.30. The summed E-state index contributed by atoms with van der Waals surface area (Å²) in [7, 11) is 0. The lowest BCUT2D eigenvalue weighted by atomic mass is 9.98. The monoisotopic (exact) mass is 341 g/mol. The highest BCUT2D eigenvalue weighted by molar-refractivity contribution is 5.73. The normalized spacial score (nSPS) is 20.9. The van der Waals surface area contributed by atoms with Crippen LogP contribution in [0, 0.1) is 0 Å². The van der Waals surface area contributed by atoms with E-state index in [1.807, 2.05) is 17.0 Å². The maximum absolute atomic E-state index is 11.6. The highest BCUT2D eigenvalue weighted by atomic mass is 16.4. The Balaban J connectivity index is 1.48. The Morgan fingerprint density at radius 1 is 1.16 bits per heavy atom. The predicted octanol–water partition coefficient (Wildman–Crippen LogP) is 2.46. The molecule has 0 aliphatic carbocycles. The van der Waals surface area contributed by atoms with Crippen LogP contribution in [-0.2, 0) is 4.79 Å². The van der Waals surface area contributed by atoms with E-state index in [0.29, 0.717) is 18.3 Å². The van der Waals surface area contributed by atoms with Crippen LogP contribution in [0.15, 0.2) is 22.7 Å². The van der Waals surface area contributed by atoms with Crippen molar-refractivity contribution in [1.29, 1.82) is 0 Å². The first kappa shape index (κ1) is 16.1. The second kappa shape index (κ2) is 6.82. The zero-order valence-corrected chi connectivity index (χ0v) is 14.5. The minimum absolute atomic E-state index is 0.103. The third-order valence-electron chi connectivity index (χ3n) is 5.08. The van der Waals surface area contributed by atoms with Gasteiger partial charge in [-0.05, 0) is 37.8 Å².